The van der Waals surface area contributed by atoms with E-state index in [0.717, 1.165) is 0 Å². The SMILES string of the molecule is CCC(C(=O)Nc1cc(C)on1)N(CC)CC(=O)Nc1ccc(OC)cc1. The van der Waals surface area contributed by atoms with Gasteiger partial charge in [-0.15, -0.1) is 0 Å². The summed E-state index contributed by atoms with van der Waals surface area (Å²) >= 11 is 0. The Bertz CT molecular complexity index is 757. The molecule has 0 saturated carbocycles. The van der Waals surface area contributed by atoms with Gasteiger partial charge in [0.2, 0.25) is 11.8 Å². The van der Waals surface area contributed by atoms with Crippen molar-refractivity contribution in [2.75, 3.05) is 30.8 Å². The maximum Gasteiger partial charge on any atom is 0.242 e. The topological polar surface area (TPSA) is 96.7 Å². The highest BCUT2D eigenvalue weighted by Gasteiger charge is 2.25. The van der Waals surface area contributed by atoms with Gasteiger partial charge in [0.25, 0.3) is 0 Å². The predicted molar refractivity (Wildman–Crippen MR) is 103 cm³/mol. The average molecular weight is 374 g/mol. The van der Waals surface area contributed by atoms with Gasteiger partial charge in [-0.2, -0.15) is 0 Å². The van der Waals surface area contributed by atoms with Crippen molar-refractivity contribution in [1.82, 2.24) is 10.1 Å². The highest BCUT2D eigenvalue weighted by molar-refractivity contribution is 5.96. The van der Waals surface area contributed by atoms with E-state index >= 15 is 0 Å². The summed E-state index contributed by atoms with van der Waals surface area (Å²) in [6.45, 7) is 6.23. The standard InChI is InChI=1S/C19H26N4O4/c1-5-16(19(25)21-17-11-13(3)27-22-17)23(6-2)12-18(24)20-14-7-9-15(26-4)10-8-14/h7-11,16H,5-6,12H2,1-4H3,(H,20,24)(H,21,22,25). The van der Waals surface area contributed by atoms with Gasteiger partial charge < -0.3 is 19.9 Å². The zero-order valence-electron chi connectivity index (χ0n) is 16.1. The third kappa shape index (κ3) is 5.82. The number of ether oxygens (including phenoxy) is 1. The number of anilines is 2. The summed E-state index contributed by atoms with van der Waals surface area (Å²) in [4.78, 5) is 26.8. The fourth-order valence-corrected chi connectivity index (χ4v) is 2.75. The van der Waals surface area contributed by atoms with Crippen LogP contribution in [-0.2, 0) is 9.59 Å². The zero-order chi connectivity index (χ0) is 19.8. The second-order valence-electron chi connectivity index (χ2n) is 6.08. The van der Waals surface area contributed by atoms with Crippen LogP contribution in [0.2, 0.25) is 0 Å². The van der Waals surface area contributed by atoms with E-state index in [1.165, 1.54) is 0 Å². The fourth-order valence-electron chi connectivity index (χ4n) is 2.75. The van der Waals surface area contributed by atoms with Gasteiger partial charge in [-0.25, -0.2) is 0 Å². The van der Waals surface area contributed by atoms with Crippen LogP contribution in [0.5, 0.6) is 5.75 Å². The molecule has 0 aliphatic carbocycles. The summed E-state index contributed by atoms with van der Waals surface area (Å²) in [6, 6.07) is 8.28. The number of hydrogen-bond acceptors (Lipinski definition) is 6. The molecule has 0 spiro atoms. The van der Waals surface area contributed by atoms with E-state index in [2.05, 4.69) is 15.8 Å². The predicted octanol–water partition coefficient (Wildman–Crippen LogP) is 2.67. The van der Waals surface area contributed by atoms with Crippen molar-refractivity contribution in [3.8, 4) is 5.75 Å². The Balaban J connectivity index is 1.97. The molecule has 0 aliphatic heterocycles. The van der Waals surface area contributed by atoms with Crippen LogP contribution in [0.1, 0.15) is 26.0 Å². The van der Waals surface area contributed by atoms with Crippen molar-refractivity contribution in [3.63, 3.8) is 0 Å². The van der Waals surface area contributed by atoms with Gasteiger partial charge in [-0.3, -0.25) is 14.5 Å². The third-order valence-electron chi connectivity index (χ3n) is 4.14. The molecular formula is C19H26N4O4. The smallest absolute Gasteiger partial charge is 0.242 e. The van der Waals surface area contributed by atoms with E-state index in [1.807, 2.05) is 18.7 Å². The summed E-state index contributed by atoms with van der Waals surface area (Å²) in [5.74, 6) is 1.30. The quantitative estimate of drug-likeness (QED) is 0.700. The minimum absolute atomic E-state index is 0.103. The van der Waals surface area contributed by atoms with E-state index in [1.54, 1.807) is 44.4 Å². The molecule has 1 atom stereocenters. The highest BCUT2D eigenvalue weighted by atomic mass is 16.5. The van der Waals surface area contributed by atoms with Crippen LogP contribution < -0.4 is 15.4 Å². The Morgan fingerprint density at radius 1 is 1.22 bits per heavy atom. The number of hydrogen-bond donors (Lipinski definition) is 2. The molecule has 2 N–H and O–H groups in total. The van der Waals surface area contributed by atoms with Gasteiger partial charge >= 0.3 is 0 Å². The number of carbonyl (C=O) groups is 2. The van der Waals surface area contributed by atoms with Crippen LogP contribution in [0.3, 0.4) is 0 Å². The Kier molecular flexibility index (Phi) is 7.36. The Hall–Kier alpha value is -2.87. The van der Waals surface area contributed by atoms with Crippen LogP contribution in [0.4, 0.5) is 11.5 Å². The number of nitrogens with zero attached hydrogens (tertiary/aromatic N) is 2. The molecule has 1 heterocycles. The second-order valence-corrected chi connectivity index (χ2v) is 6.08. The third-order valence-corrected chi connectivity index (χ3v) is 4.14. The second kappa shape index (κ2) is 9.72. The van der Waals surface area contributed by atoms with Crippen molar-refractivity contribution >= 4 is 23.3 Å². The lowest BCUT2D eigenvalue weighted by Gasteiger charge is -2.28. The number of aromatic nitrogens is 1. The largest absolute Gasteiger partial charge is 0.497 e. The molecule has 1 aromatic heterocycles. The van der Waals surface area contributed by atoms with Gasteiger partial charge in [0.05, 0.1) is 19.7 Å². The molecule has 0 aliphatic rings. The van der Waals surface area contributed by atoms with Crippen LogP contribution in [0.25, 0.3) is 0 Å². The number of carbonyl (C=O) groups excluding carboxylic acids is 2. The van der Waals surface area contributed by atoms with Crippen LogP contribution in [0, 0.1) is 6.92 Å². The van der Waals surface area contributed by atoms with Crippen LogP contribution >= 0.6 is 0 Å². The van der Waals surface area contributed by atoms with Crippen molar-refractivity contribution in [3.05, 3.63) is 36.1 Å². The number of amides is 2. The van der Waals surface area contributed by atoms with Gasteiger partial charge in [-0.1, -0.05) is 19.0 Å². The number of aryl methyl sites for hydroxylation is 1. The first kappa shape index (κ1) is 20.4. The molecule has 2 aromatic rings. The Morgan fingerprint density at radius 2 is 1.93 bits per heavy atom. The van der Waals surface area contributed by atoms with Crippen molar-refractivity contribution in [1.29, 1.82) is 0 Å². The first-order valence-electron chi connectivity index (χ1n) is 8.88. The van der Waals surface area contributed by atoms with E-state index in [4.69, 9.17) is 9.26 Å². The number of rotatable bonds is 9. The maximum atomic E-state index is 12.6. The summed E-state index contributed by atoms with van der Waals surface area (Å²) in [6.07, 6.45) is 0.562. The zero-order valence-corrected chi connectivity index (χ0v) is 16.1. The lowest BCUT2D eigenvalue weighted by Crippen LogP contribution is -2.47. The Morgan fingerprint density at radius 3 is 2.44 bits per heavy atom. The van der Waals surface area contributed by atoms with Crippen molar-refractivity contribution < 1.29 is 18.8 Å². The summed E-state index contributed by atoms with van der Waals surface area (Å²) in [5, 5.41) is 9.34. The van der Waals surface area contributed by atoms with Gasteiger partial charge in [0, 0.05) is 11.8 Å². The molecule has 8 heteroatoms. The van der Waals surface area contributed by atoms with E-state index in [9.17, 15) is 9.59 Å². The van der Waals surface area contributed by atoms with E-state index in [-0.39, 0.29) is 18.4 Å². The molecule has 0 saturated heterocycles. The molecule has 2 rings (SSSR count). The molecule has 27 heavy (non-hydrogen) atoms. The van der Waals surface area contributed by atoms with Crippen molar-refractivity contribution in [2.45, 2.75) is 33.2 Å². The molecule has 0 bridgehead atoms. The molecule has 1 unspecified atom stereocenters. The molecule has 146 valence electrons. The van der Waals surface area contributed by atoms with E-state index < -0.39 is 6.04 Å². The summed E-state index contributed by atoms with van der Waals surface area (Å²) in [7, 11) is 1.59. The van der Waals surface area contributed by atoms with Crippen LogP contribution in [-0.4, -0.2) is 48.1 Å². The van der Waals surface area contributed by atoms with Gasteiger partial charge in [0.15, 0.2) is 5.82 Å². The minimum atomic E-state index is -0.450. The van der Waals surface area contributed by atoms with Crippen molar-refractivity contribution in [2.24, 2.45) is 0 Å². The molecule has 2 amide bonds. The highest BCUT2D eigenvalue weighted by Crippen LogP contribution is 2.15. The van der Waals surface area contributed by atoms with Gasteiger partial charge in [0.1, 0.15) is 11.5 Å². The van der Waals surface area contributed by atoms with Gasteiger partial charge in [-0.05, 0) is 44.2 Å². The monoisotopic (exact) mass is 374 g/mol. The van der Waals surface area contributed by atoms with Crippen LogP contribution in [0.15, 0.2) is 34.9 Å². The first-order valence-corrected chi connectivity index (χ1v) is 8.88. The Labute approximate surface area is 158 Å². The average Bonchev–Trinajstić information content (AvgIpc) is 3.06. The fraction of sp³-hybridized carbons (Fsp3) is 0.421. The number of likely N-dealkylation sites (N-methyl/N-ethyl adjacent to an activating group) is 1. The molecule has 1 aromatic carbocycles. The first-order chi connectivity index (χ1) is 13.0. The number of methoxy groups -OCH3 is 1. The number of nitrogens with one attached hydrogen (secondary N) is 2. The molecule has 8 nitrogen and oxygen atoms in total. The lowest BCUT2D eigenvalue weighted by atomic mass is 10.1. The number of benzene rings is 1. The molecule has 0 radical (unpaired) electrons. The normalized spacial score (nSPS) is 11.9. The summed E-state index contributed by atoms with van der Waals surface area (Å²) in [5.41, 5.74) is 0.674. The molecular weight excluding hydrogens is 348 g/mol. The van der Waals surface area contributed by atoms with E-state index in [0.29, 0.717) is 36.0 Å². The maximum absolute atomic E-state index is 12.6. The summed E-state index contributed by atoms with van der Waals surface area (Å²) < 4.78 is 10.1. The minimum Gasteiger partial charge on any atom is -0.497 e. The lowest BCUT2D eigenvalue weighted by molar-refractivity contribution is -0.123. The molecule has 0 fully saturated rings.